The van der Waals surface area contributed by atoms with E-state index >= 15 is 0 Å². The summed E-state index contributed by atoms with van der Waals surface area (Å²) in [5, 5.41) is 0. The first-order valence-electron chi connectivity index (χ1n) is 33.6. The minimum atomic E-state index is -0.782. The molecule has 0 aromatic rings. The van der Waals surface area contributed by atoms with Crippen molar-refractivity contribution in [2.45, 2.75) is 367 Å². The first-order valence-corrected chi connectivity index (χ1v) is 33.6. The molecule has 0 fully saturated rings. The zero-order valence-electron chi connectivity index (χ0n) is 51.0. The lowest BCUT2D eigenvalue weighted by Crippen LogP contribution is -2.30. The maximum Gasteiger partial charge on any atom is 0.306 e. The lowest BCUT2D eigenvalue weighted by atomic mass is 10.0. The average Bonchev–Trinajstić information content (AvgIpc) is 3.42. The molecule has 0 aromatic carbocycles. The van der Waals surface area contributed by atoms with Gasteiger partial charge in [0.1, 0.15) is 13.2 Å². The summed E-state index contributed by atoms with van der Waals surface area (Å²) in [5.41, 5.74) is 0. The summed E-state index contributed by atoms with van der Waals surface area (Å²) in [7, 11) is 0. The highest BCUT2D eigenvalue weighted by Crippen LogP contribution is 2.18. The lowest BCUT2D eigenvalue weighted by molar-refractivity contribution is -0.167. The van der Waals surface area contributed by atoms with Crippen molar-refractivity contribution in [2.24, 2.45) is 0 Å². The molecule has 0 spiro atoms. The summed E-state index contributed by atoms with van der Waals surface area (Å²) in [5.74, 6) is -0.887. The number of ether oxygens (including phenoxy) is 3. The molecule has 0 bridgehead atoms. The van der Waals surface area contributed by atoms with E-state index in [1.807, 2.05) is 0 Å². The van der Waals surface area contributed by atoms with Crippen LogP contribution < -0.4 is 0 Å². The number of hydrogen-bond acceptors (Lipinski definition) is 6. The zero-order valence-corrected chi connectivity index (χ0v) is 51.0. The monoisotopic (exact) mass is 1060 g/mol. The van der Waals surface area contributed by atoms with Crippen LogP contribution in [0.3, 0.4) is 0 Å². The molecule has 6 heteroatoms. The summed E-state index contributed by atoms with van der Waals surface area (Å²) in [6.45, 7) is 6.55. The fraction of sp³-hybridized carbons (Fsp3) is 0.843. The van der Waals surface area contributed by atoms with Gasteiger partial charge in [0.15, 0.2) is 6.10 Å². The van der Waals surface area contributed by atoms with Gasteiger partial charge in [0.25, 0.3) is 0 Å². The van der Waals surface area contributed by atoms with Crippen LogP contribution in [0.5, 0.6) is 0 Å². The molecule has 444 valence electrons. The Morgan fingerprint density at radius 1 is 0.276 bits per heavy atom. The van der Waals surface area contributed by atoms with Gasteiger partial charge in [-0.1, -0.05) is 313 Å². The van der Waals surface area contributed by atoms with Crippen molar-refractivity contribution in [3.8, 4) is 0 Å². The molecule has 1 unspecified atom stereocenters. The maximum absolute atomic E-state index is 12.9. The van der Waals surface area contributed by atoms with Crippen LogP contribution in [-0.4, -0.2) is 37.2 Å². The van der Waals surface area contributed by atoms with E-state index in [0.29, 0.717) is 19.3 Å². The van der Waals surface area contributed by atoms with Gasteiger partial charge in [-0.15, -0.1) is 0 Å². The van der Waals surface area contributed by atoms with Gasteiger partial charge in [-0.25, -0.2) is 0 Å². The Hall–Kier alpha value is -2.63. The van der Waals surface area contributed by atoms with Gasteiger partial charge in [0, 0.05) is 19.3 Å². The second-order valence-corrected chi connectivity index (χ2v) is 22.7. The van der Waals surface area contributed by atoms with Crippen LogP contribution >= 0.6 is 0 Å². The molecule has 0 heterocycles. The third-order valence-electron chi connectivity index (χ3n) is 15.1. The lowest BCUT2D eigenvalue weighted by Gasteiger charge is -2.18. The van der Waals surface area contributed by atoms with Gasteiger partial charge in [-0.05, 0) is 77.0 Å². The van der Waals surface area contributed by atoms with Crippen LogP contribution in [0.1, 0.15) is 361 Å². The molecule has 0 saturated carbocycles. The fourth-order valence-electron chi connectivity index (χ4n) is 10.0. The van der Waals surface area contributed by atoms with Crippen LogP contribution in [0.4, 0.5) is 0 Å². The van der Waals surface area contributed by atoms with Crippen molar-refractivity contribution in [3.63, 3.8) is 0 Å². The molecule has 0 rings (SSSR count). The fourth-order valence-corrected chi connectivity index (χ4v) is 10.0. The Morgan fingerprint density at radius 3 is 0.829 bits per heavy atom. The van der Waals surface area contributed by atoms with Crippen molar-refractivity contribution in [1.29, 1.82) is 0 Å². The van der Waals surface area contributed by atoms with Crippen molar-refractivity contribution in [3.05, 3.63) is 48.6 Å². The van der Waals surface area contributed by atoms with Gasteiger partial charge >= 0.3 is 17.9 Å². The largest absolute Gasteiger partial charge is 0.462 e. The standard InChI is InChI=1S/C70H128O6/c1-4-7-10-13-16-19-22-25-27-28-29-30-31-32-33-34-35-36-37-38-39-40-41-42-43-46-48-51-54-57-60-63-69(72)75-66-67(65-74-68(71)62-59-56-53-50-47-44-24-21-18-15-12-9-6-3)76-70(73)64-61-58-55-52-49-45-26-23-20-17-14-11-8-5-2/h9,12,18,21,28-29,44,47,67H,4-8,10-11,13-17,19-20,22-27,30-43,45-46,48-66H2,1-3H3/b12-9-,21-18-,29-28-,47-44-. The van der Waals surface area contributed by atoms with Crippen LogP contribution in [0.15, 0.2) is 48.6 Å². The van der Waals surface area contributed by atoms with Gasteiger partial charge in [0.05, 0.1) is 0 Å². The number of allylic oxidation sites excluding steroid dienone is 8. The molecular weight excluding hydrogens is 937 g/mol. The average molecular weight is 1070 g/mol. The highest BCUT2D eigenvalue weighted by atomic mass is 16.6. The molecule has 0 aromatic heterocycles. The van der Waals surface area contributed by atoms with Gasteiger partial charge in [0.2, 0.25) is 0 Å². The second-order valence-electron chi connectivity index (χ2n) is 22.7. The first kappa shape index (κ1) is 73.4. The molecule has 0 aliphatic rings. The quantitative estimate of drug-likeness (QED) is 0.0261. The molecule has 0 aliphatic heterocycles. The van der Waals surface area contributed by atoms with E-state index in [1.165, 1.54) is 238 Å². The third kappa shape index (κ3) is 62.2. The third-order valence-corrected chi connectivity index (χ3v) is 15.1. The van der Waals surface area contributed by atoms with E-state index in [9.17, 15) is 14.4 Å². The van der Waals surface area contributed by atoms with Crippen molar-refractivity contribution in [1.82, 2.24) is 0 Å². The summed E-state index contributed by atoms with van der Waals surface area (Å²) in [4.78, 5) is 38.2. The van der Waals surface area contributed by atoms with Gasteiger partial charge in [-0.2, -0.15) is 0 Å². The number of unbranched alkanes of at least 4 members (excludes halogenated alkanes) is 43. The van der Waals surface area contributed by atoms with Gasteiger partial charge < -0.3 is 14.2 Å². The van der Waals surface area contributed by atoms with Crippen molar-refractivity contribution in [2.75, 3.05) is 13.2 Å². The summed E-state index contributed by atoms with van der Waals surface area (Å²) in [6, 6.07) is 0. The maximum atomic E-state index is 12.9. The first-order chi connectivity index (χ1) is 37.5. The molecular formula is C70H128O6. The predicted octanol–water partition coefficient (Wildman–Crippen LogP) is 22.9. The van der Waals surface area contributed by atoms with E-state index in [4.69, 9.17) is 14.2 Å². The van der Waals surface area contributed by atoms with Crippen molar-refractivity contribution >= 4 is 17.9 Å². The predicted molar refractivity (Wildman–Crippen MR) is 330 cm³/mol. The van der Waals surface area contributed by atoms with Crippen molar-refractivity contribution < 1.29 is 28.6 Å². The molecule has 0 amide bonds. The number of hydrogen-bond donors (Lipinski definition) is 0. The number of rotatable bonds is 62. The highest BCUT2D eigenvalue weighted by molar-refractivity contribution is 5.71. The Bertz CT molecular complexity index is 1310. The molecule has 76 heavy (non-hydrogen) atoms. The molecule has 6 nitrogen and oxygen atoms in total. The van der Waals surface area contributed by atoms with E-state index in [2.05, 4.69) is 69.4 Å². The topological polar surface area (TPSA) is 78.9 Å². The van der Waals surface area contributed by atoms with Crippen LogP contribution in [0, 0.1) is 0 Å². The molecule has 0 radical (unpaired) electrons. The Labute approximate surface area is 473 Å². The Morgan fingerprint density at radius 2 is 0.513 bits per heavy atom. The van der Waals surface area contributed by atoms with E-state index in [-0.39, 0.29) is 31.1 Å². The smallest absolute Gasteiger partial charge is 0.306 e. The highest BCUT2D eigenvalue weighted by Gasteiger charge is 2.19. The normalized spacial score (nSPS) is 12.3. The number of carbonyl (C=O) groups is 3. The van der Waals surface area contributed by atoms with Crippen LogP contribution in [0.25, 0.3) is 0 Å². The summed E-state index contributed by atoms with van der Waals surface area (Å²) < 4.78 is 16.9. The van der Waals surface area contributed by atoms with Gasteiger partial charge in [-0.3, -0.25) is 14.4 Å². The Kier molecular flexibility index (Phi) is 62.6. The minimum absolute atomic E-state index is 0.0778. The molecule has 0 aliphatic carbocycles. The minimum Gasteiger partial charge on any atom is -0.462 e. The van der Waals surface area contributed by atoms with Crippen LogP contribution in [-0.2, 0) is 28.6 Å². The summed E-state index contributed by atoms with van der Waals surface area (Å²) >= 11 is 0. The van der Waals surface area contributed by atoms with E-state index < -0.39 is 6.10 Å². The Balaban J connectivity index is 4.11. The zero-order chi connectivity index (χ0) is 55.0. The number of carbonyl (C=O) groups excluding carboxylic acids is 3. The molecule has 0 N–H and O–H groups in total. The van der Waals surface area contributed by atoms with E-state index in [1.54, 1.807) is 0 Å². The van der Waals surface area contributed by atoms with Crippen LogP contribution in [0.2, 0.25) is 0 Å². The SMILES string of the molecule is CC/C=C\C/C=C\C/C=C\CCCCCC(=O)OCC(COC(=O)CCCCCCCCCCCCCCCCCCCCC/C=C\CCCCCCCCCC)OC(=O)CCCCCCCCCCCCCCCC. The van der Waals surface area contributed by atoms with E-state index in [0.717, 1.165) is 83.5 Å². The molecule has 1 atom stereocenters. The molecule has 0 saturated heterocycles. The second kappa shape index (κ2) is 64.9. The summed E-state index contributed by atoms with van der Waals surface area (Å²) in [6.07, 6.45) is 81.5. The number of esters is 3.